The molecule has 0 aromatic carbocycles. The zero-order valence-corrected chi connectivity index (χ0v) is 10.4. The van der Waals surface area contributed by atoms with Crippen LogP contribution in [-0.2, 0) is 19.0 Å². The van der Waals surface area contributed by atoms with E-state index >= 15 is 0 Å². The van der Waals surface area contributed by atoms with Gasteiger partial charge >= 0.3 is 5.97 Å². The second-order valence-electron chi connectivity index (χ2n) is 4.98. The van der Waals surface area contributed by atoms with E-state index in [4.69, 9.17) is 19.7 Å². The number of nitrogens with zero attached hydrogens (tertiary/aromatic N) is 3. The highest BCUT2D eigenvalue weighted by molar-refractivity contribution is 5.83. The molecule has 4 atom stereocenters. The molecule has 2 aliphatic rings. The van der Waals surface area contributed by atoms with Gasteiger partial charge in [0.25, 0.3) is 0 Å². The van der Waals surface area contributed by atoms with Gasteiger partial charge in [0, 0.05) is 4.91 Å². The molecular weight excluding hydrogens is 242 g/mol. The SMILES string of the molecule is CC1(C)O[C@H]2[C@@H](CO)OC(=O)[C@@](C)(N=[N+]=[N-])[C@H]2O1. The molecule has 100 valence electrons. The van der Waals surface area contributed by atoms with Crippen LogP contribution in [0, 0.1) is 0 Å². The first-order chi connectivity index (χ1) is 8.34. The summed E-state index contributed by atoms with van der Waals surface area (Å²) in [6.07, 6.45) is -2.24. The van der Waals surface area contributed by atoms with Crippen LogP contribution in [-0.4, -0.2) is 47.3 Å². The molecule has 18 heavy (non-hydrogen) atoms. The van der Waals surface area contributed by atoms with E-state index in [-0.39, 0.29) is 6.61 Å². The van der Waals surface area contributed by atoms with Crippen molar-refractivity contribution >= 4 is 5.97 Å². The minimum Gasteiger partial charge on any atom is -0.456 e. The van der Waals surface area contributed by atoms with Crippen LogP contribution in [0.5, 0.6) is 0 Å². The standard InChI is InChI=1S/C10H15N3O5/c1-9(2)17-6-5(4-14)16-8(15)10(3,12-13-11)7(6)18-9/h5-7,14H,4H2,1-3H3/t5-,6+,7+,10+/m1/s1. The molecule has 8 heteroatoms. The van der Waals surface area contributed by atoms with Crippen LogP contribution < -0.4 is 0 Å². The Hall–Kier alpha value is -1.34. The van der Waals surface area contributed by atoms with E-state index in [0.29, 0.717) is 0 Å². The first kappa shape index (κ1) is 13.1. The molecule has 8 nitrogen and oxygen atoms in total. The predicted molar refractivity (Wildman–Crippen MR) is 58.3 cm³/mol. The van der Waals surface area contributed by atoms with Gasteiger partial charge in [0.1, 0.15) is 12.2 Å². The van der Waals surface area contributed by atoms with Crippen LogP contribution in [0.15, 0.2) is 5.11 Å². The van der Waals surface area contributed by atoms with E-state index in [2.05, 4.69) is 10.0 Å². The highest BCUT2D eigenvalue weighted by Gasteiger charge is 2.61. The molecule has 2 rings (SSSR count). The number of carbonyl (C=O) groups is 1. The van der Waals surface area contributed by atoms with Gasteiger partial charge in [-0.3, -0.25) is 4.79 Å². The lowest BCUT2D eigenvalue weighted by atomic mass is 9.87. The van der Waals surface area contributed by atoms with E-state index in [1.807, 2.05) is 0 Å². The third kappa shape index (κ3) is 1.83. The number of azide groups is 1. The fourth-order valence-electron chi connectivity index (χ4n) is 2.27. The minimum atomic E-state index is -1.49. The third-order valence-corrected chi connectivity index (χ3v) is 3.15. The molecule has 0 saturated carbocycles. The van der Waals surface area contributed by atoms with E-state index in [9.17, 15) is 9.90 Å². The smallest absolute Gasteiger partial charge is 0.321 e. The lowest BCUT2D eigenvalue weighted by molar-refractivity contribution is -0.182. The lowest BCUT2D eigenvalue weighted by Crippen LogP contribution is -2.61. The average Bonchev–Trinajstić information content (AvgIpc) is 2.61. The van der Waals surface area contributed by atoms with E-state index in [0.717, 1.165) is 0 Å². The van der Waals surface area contributed by atoms with Crippen molar-refractivity contribution in [2.45, 2.75) is 50.4 Å². The molecule has 0 bridgehead atoms. The Morgan fingerprint density at radius 3 is 2.67 bits per heavy atom. The van der Waals surface area contributed by atoms with E-state index < -0.39 is 35.6 Å². The number of ether oxygens (including phenoxy) is 3. The summed E-state index contributed by atoms with van der Waals surface area (Å²) in [6.45, 7) is 4.42. The highest BCUT2D eigenvalue weighted by Crippen LogP contribution is 2.41. The fraction of sp³-hybridized carbons (Fsp3) is 0.900. The molecule has 0 amide bonds. The van der Waals surface area contributed by atoms with Crippen molar-refractivity contribution in [3.8, 4) is 0 Å². The average molecular weight is 257 g/mol. The van der Waals surface area contributed by atoms with Crippen LogP contribution in [0.25, 0.3) is 10.4 Å². The van der Waals surface area contributed by atoms with Crippen molar-refractivity contribution < 1.29 is 24.1 Å². The van der Waals surface area contributed by atoms with Crippen LogP contribution in [0.4, 0.5) is 0 Å². The van der Waals surface area contributed by atoms with Crippen LogP contribution >= 0.6 is 0 Å². The molecule has 0 aromatic heterocycles. The molecule has 2 fully saturated rings. The summed E-state index contributed by atoms with van der Waals surface area (Å²) >= 11 is 0. The molecule has 0 spiro atoms. The van der Waals surface area contributed by atoms with Gasteiger partial charge in [-0.2, -0.15) is 0 Å². The largest absolute Gasteiger partial charge is 0.456 e. The van der Waals surface area contributed by atoms with Gasteiger partial charge in [-0.25, -0.2) is 0 Å². The Balaban J connectivity index is 2.41. The summed E-state index contributed by atoms with van der Waals surface area (Å²) < 4.78 is 16.3. The molecule has 0 radical (unpaired) electrons. The maximum atomic E-state index is 11.9. The molecule has 0 aromatic rings. The van der Waals surface area contributed by atoms with Crippen molar-refractivity contribution in [2.24, 2.45) is 5.11 Å². The fourth-order valence-corrected chi connectivity index (χ4v) is 2.27. The van der Waals surface area contributed by atoms with Crippen LogP contribution in [0.2, 0.25) is 0 Å². The summed E-state index contributed by atoms with van der Waals surface area (Å²) in [4.78, 5) is 14.6. The van der Waals surface area contributed by atoms with Crippen LogP contribution in [0.1, 0.15) is 20.8 Å². The van der Waals surface area contributed by atoms with Crippen molar-refractivity contribution in [3.63, 3.8) is 0 Å². The summed E-state index contributed by atoms with van der Waals surface area (Å²) in [5.74, 6) is -1.65. The zero-order valence-electron chi connectivity index (χ0n) is 10.4. The van der Waals surface area contributed by atoms with Gasteiger partial charge in [-0.05, 0) is 26.3 Å². The number of aliphatic hydroxyl groups is 1. The van der Waals surface area contributed by atoms with Gasteiger partial charge in [0.05, 0.1) is 6.61 Å². The topological polar surface area (TPSA) is 114 Å². The van der Waals surface area contributed by atoms with Gasteiger partial charge in [-0.1, -0.05) is 5.11 Å². The van der Waals surface area contributed by atoms with Gasteiger partial charge in [-0.15, -0.1) is 0 Å². The summed E-state index contributed by atoms with van der Waals surface area (Å²) in [5, 5.41) is 12.7. The number of hydrogen-bond acceptors (Lipinski definition) is 6. The quantitative estimate of drug-likeness (QED) is 0.334. The number of carbonyl (C=O) groups excluding carboxylic acids is 1. The number of aliphatic hydroxyl groups excluding tert-OH is 1. The van der Waals surface area contributed by atoms with Crippen molar-refractivity contribution in [1.82, 2.24) is 0 Å². The maximum Gasteiger partial charge on any atom is 0.321 e. The molecule has 1 N–H and O–H groups in total. The van der Waals surface area contributed by atoms with Gasteiger partial charge in [0.15, 0.2) is 17.4 Å². The number of esters is 1. The summed E-state index contributed by atoms with van der Waals surface area (Å²) in [7, 11) is 0. The highest BCUT2D eigenvalue weighted by atomic mass is 16.8. The molecule has 0 unspecified atom stereocenters. The predicted octanol–water partition coefficient (Wildman–Crippen LogP) is 0.493. The van der Waals surface area contributed by atoms with Crippen molar-refractivity contribution in [1.29, 1.82) is 0 Å². The number of fused-ring (bicyclic) bond motifs is 1. The first-order valence-corrected chi connectivity index (χ1v) is 5.58. The Morgan fingerprint density at radius 2 is 2.11 bits per heavy atom. The Bertz CT molecular complexity index is 420. The van der Waals surface area contributed by atoms with Crippen LogP contribution in [0.3, 0.4) is 0 Å². The molecule has 2 aliphatic heterocycles. The monoisotopic (exact) mass is 257 g/mol. The number of cyclic esters (lactones) is 1. The Labute approximate surface area is 103 Å². The molecule has 2 saturated heterocycles. The number of hydrogen-bond donors (Lipinski definition) is 1. The maximum absolute atomic E-state index is 11.9. The summed E-state index contributed by atoms with van der Waals surface area (Å²) in [6, 6.07) is 0. The number of rotatable bonds is 2. The normalized spacial score (nSPS) is 41.8. The van der Waals surface area contributed by atoms with E-state index in [1.165, 1.54) is 6.92 Å². The zero-order chi connectivity index (χ0) is 13.6. The van der Waals surface area contributed by atoms with Crippen molar-refractivity contribution in [3.05, 3.63) is 10.4 Å². The Kier molecular flexibility index (Phi) is 2.98. The second-order valence-corrected chi connectivity index (χ2v) is 4.98. The molecule has 0 aliphatic carbocycles. The summed E-state index contributed by atoms with van der Waals surface area (Å²) in [5.41, 5.74) is 7.09. The molecular formula is C10H15N3O5. The van der Waals surface area contributed by atoms with Gasteiger partial charge in [0.2, 0.25) is 0 Å². The van der Waals surface area contributed by atoms with E-state index in [1.54, 1.807) is 13.8 Å². The Morgan fingerprint density at radius 1 is 1.44 bits per heavy atom. The lowest BCUT2D eigenvalue weighted by Gasteiger charge is -2.39. The minimum absolute atomic E-state index is 0.376. The third-order valence-electron chi connectivity index (χ3n) is 3.15. The second kappa shape index (κ2) is 4.10. The molecule has 2 heterocycles. The van der Waals surface area contributed by atoms with Gasteiger partial charge < -0.3 is 19.3 Å². The van der Waals surface area contributed by atoms with Crippen molar-refractivity contribution in [2.75, 3.05) is 6.61 Å². The first-order valence-electron chi connectivity index (χ1n) is 5.58.